The number of aryl methyl sites for hydroxylation is 2. The summed E-state index contributed by atoms with van der Waals surface area (Å²) in [4.78, 5) is 6.87. The van der Waals surface area contributed by atoms with Crippen LogP contribution in [0.5, 0.6) is 0 Å². The van der Waals surface area contributed by atoms with E-state index < -0.39 is 17.8 Å². The second-order valence-electron chi connectivity index (χ2n) is 3.92. The lowest BCUT2D eigenvalue weighted by atomic mass is 10.3. The van der Waals surface area contributed by atoms with Gasteiger partial charge in [-0.1, -0.05) is 0 Å². The van der Waals surface area contributed by atoms with Gasteiger partial charge >= 0.3 is 6.18 Å². The number of alkyl halides is 3. The van der Waals surface area contributed by atoms with E-state index in [1.54, 1.807) is 20.2 Å². The molecule has 0 aliphatic rings. The van der Waals surface area contributed by atoms with Gasteiger partial charge in [0, 0.05) is 19.3 Å². The molecule has 2 aromatic rings. The highest BCUT2D eigenvalue weighted by Gasteiger charge is 2.33. The number of nitrogens with one attached hydrogen (secondary N) is 1. The summed E-state index contributed by atoms with van der Waals surface area (Å²) in [5.74, 6) is -0.477. The molecule has 2 heterocycles. The molecule has 6 nitrogen and oxygen atoms in total. The number of hydrogen-bond donors (Lipinski definition) is 2. The number of hydrogen-bond acceptors (Lipinski definition) is 5. The summed E-state index contributed by atoms with van der Waals surface area (Å²) >= 11 is 0. The Hall–Kier alpha value is -2.32. The average molecular weight is 272 g/mol. The molecular weight excluding hydrogens is 261 g/mol. The normalized spacial score (nSPS) is 11.6. The van der Waals surface area contributed by atoms with E-state index in [2.05, 4.69) is 20.4 Å². The number of nitrogens with two attached hydrogens (primary N) is 1. The van der Waals surface area contributed by atoms with Gasteiger partial charge in [-0.15, -0.1) is 0 Å². The molecule has 102 valence electrons. The van der Waals surface area contributed by atoms with Gasteiger partial charge in [0.25, 0.3) is 0 Å². The molecule has 0 fully saturated rings. The molecule has 0 bridgehead atoms. The summed E-state index contributed by atoms with van der Waals surface area (Å²) in [6, 6.07) is 0.794. The highest BCUT2D eigenvalue weighted by Crippen LogP contribution is 2.30. The molecular formula is C10H11F3N6. The van der Waals surface area contributed by atoms with Crippen molar-refractivity contribution in [3.8, 4) is 0 Å². The van der Waals surface area contributed by atoms with Crippen LogP contribution in [0, 0.1) is 6.92 Å². The number of nitrogens with zero attached hydrogens (tertiary/aromatic N) is 4. The minimum absolute atomic E-state index is 0.0316. The number of nitrogen functional groups attached to an aromatic ring is 1. The van der Waals surface area contributed by atoms with E-state index in [-0.39, 0.29) is 5.82 Å². The van der Waals surface area contributed by atoms with Gasteiger partial charge in [0.2, 0.25) is 5.95 Å². The smallest absolute Gasteiger partial charge is 0.368 e. The minimum atomic E-state index is -4.57. The quantitative estimate of drug-likeness (QED) is 0.872. The van der Waals surface area contributed by atoms with Crippen LogP contribution in [0.1, 0.15) is 11.4 Å². The molecule has 19 heavy (non-hydrogen) atoms. The molecule has 0 unspecified atom stereocenters. The molecule has 0 radical (unpaired) electrons. The van der Waals surface area contributed by atoms with Crippen LogP contribution >= 0.6 is 0 Å². The third-order valence-electron chi connectivity index (χ3n) is 2.31. The standard InChI is InChI=1S/C10H11F3N6/c1-5-6(4-19(2)18-5)15-8-3-7(10(11,12)13)16-9(14)17-8/h3-4H,1-2H3,(H3,14,15,16,17). The molecule has 0 spiro atoms. The van der Waals surface area contributed by atoms with Gasteiger partial charge in [0.15, 0.2) is 5.69 Å². The van der Waals surface area contributed by atoms with Crippen LogP contribution in [0.3, 0.4) is 0 Å². The fourth-order valence-electron chi connectivity index (χ4n) is 1.54. The van der Waals surface area contributed by atoms with Crippen molar-refractivity contribution in [3.63, 3.8) is 0 Å². The first kappa shape index (κ1) is 13.1. The van der Waals surface area contributed by atoms with Crippen molar-refractivity contribution in [2.75, 3.05) is 11.1 Å². The van der Waals surface area contributed by atoms with Gasteiger partial charge in [-0.05, 0) is 6.92 Å². The fourth-order valence-corrected chi connectivity index (χ4v) is 1.54. The van der Waals surface area contributed by atoms with Crippen molar-refractivity contribution in [1.82, 2.24) is 19.7 Å². The lowest BCUT2D eigenvalue weighted by Crippen LogP contribution is -2.12. The van der Waals surface area contributed by atoms with E-state index in [4.69, 9.17) is 5.73 Å². The Morgan fingerprint density at radius 2 is 2.00 bits per heavy atom. The maximum atomic E-state index is 12.6. The van der Waals surface area contributed by atoms with Gasteiger partial charge in [-0.3, -0.25) is 4.68 Å². The van der Waals surface area contributed by atoms with Crippen LogP contribution in [0.25, 0.3) is 0 Å². The molecule has 0 aliphatic heterocycles. The van der Waals surface area contributed by atoms with E-state index in [9.17, 15) is 13.2 Å². The zero-order valence-corrected chi connectivity index (χ0v) is 10.2. The van der Waals surface area contributed by atoms with E-state index in [0.717, 1.165) is 6.07 Å². The number of rotatable bonds is 2. The minimum Gasteiger partial charge on any atom is -0.368 e. The maximum absolute atomic E-state index is 12.6. The Kier molecular flexibility index (Phi) is 3.05. The average Bonchev–Trinajstić information content (AvgIpc) is 2.55. The third-order valence-corrected chi connectivity index (χ3v) is 2.31. The van der Waals surface area contributed by atoms with Gasteiger partial charge in [0.05, 0.1) is 11.4 Å². The van der Waals surface area contributed by atoms with Crippen LogP contribution in [0.2, 0.25) is 0 Å². The van der Waals surface area contributed by atoms with Crippen molar-refractivity contribution >= 4 is 17.5 Å². The van der Waals surface area contributed by atoms with Crippen LogP contribution in [-0.4, -0.2) is 19.7 Å². The highest BCUT2D eigenvalue weighted by atomic mass is 19.4. The number of halogens is 3. The van der Waals surface area contributed by atoms with E-state index in [1.165, 1.54) is 4.68 Å². The molecule has 2 rings (SSSR count). The monoisotopic (exact) mass is 272 g/mol. The number of aromatic nitrogens is 4. The van der Waals surface area contributed by atoms with E-state index in [1.807, 2.05) is 0 Å². The summed E-state index contributed by atoms with van der Waals surface area (Å²) in [5, 5.41) is 6.79. The first-order chi connectivity index (χ1) is 8.75. The molecule has 0 saturated heterocycles. The van der Waals surface area contributed by atoms with E-state index >= 15 is 0 Å². The summed E-state index contributed by atoms with van der Waals surface area (Å²) < 4.78 is 39.3. The van der Waals surface area contributed by atoms with E-state index in [0.29, 0.717) is 11.4 Å². The maximum Gasteiger partial charge on any atom is 0.433 e. The second-order valence-corrected chi connectivity index (χ2v) is 3.92. The lowest BCUT2D eigenvalue weighted by molar-refractivity contribution is -0.141. The Balaban J connectivity index is 2.35. The fraction of sp³-hybridized carbons (Fsp3) is 0.300. The summed E-state index contributed by atoms with van der Waals surface area (Å²) in [6.45, 7) is 1.72. The Bertz CT molecular complexity index is 604. The molecule has 2 aromatic heterocycles. The summed E-state index contributed by atoms with van der Waals surface area (Å²) in [6.07, 6.45) is -2.95. The molecule has 3 N–H and O–H groups in total. The van der Waals surface area contributed by atoms with Crippen molar-refractivity contribution in [2.24, 2.45) is 7.05 Å². The third kappa shape index (κ3) is 2.92. The van der Waals surface area contributed by atoms with Crippen LogP contribution < -0.4 is 11.1 Å². The summed E-state index contributed by atoms with van der Waals surface area (Å²) in [5.41, 5.74) is 5.36. The van der Waals surface area contributed by atoms with Gasteiger partial charge in [-0.2, -0.15) is 23.3 Å². The van der Waals surface area contributed by atoms with Crippen molar-refractivity contribution in [3.05, 3.63) is 23.7 Å². The van der Waals surface area contributed by atoms with Crippen LogP contribution in [-0.2, 0) is 13.2 Å². The van der Waals surface area contributed by atoms with Gasteiger partial charge in [-0.25, -0.2) is 4.98 Å². The number of anilines is 3. The van der Waals surface area contributed by atoms with Crippen molar-refractivity contribution in [2.45, 2.75) is 13.1 Å². The largest absolute Gasteiger partial charge is 0.433 e. The molecule has 0 amide bonds. The van der Waals surface area contributed by atoms with Crippen LogP contribution in [0.4, 0.5) is 30.6 Å². The van der Waals surface area contributed by atoms with Crippen LogP contribution in [0.15, 0.2) is 12.3 Å². The zero-order chi connectivity index (χ0) is 14.2. The molecule has 0 aromatic carbocycles. The Morgan fingerprint density at radius 3 is 2.53 bits per heavy atom. The predicted octanol–water partition coefficient (Wildman–Crippen LogP) is 1.86. The molecule has 9 heteroatoms. The first-order valence-corrected chi connectivity index (χ1v) is 5.25. The van der Waals surface area contributed by atoms with Crippen molar-refractivity contribution in [1.29, 1.82) is 0 Å². The summed E-state index contributed by atoms with van der Waals surface area (Å²) in [7, 11) is 1.70. The van der Waals surface area contributed by atoms with Gasteiger partial charge in [0.1, 0.15) is 5.82 Å². The Labute approximate surface area is 106 Å². The topological polar surface area (TPSA) is 81.7 Å². The first-order valence-electron chi connectivity index (χ1n) is 5.25. The molecule has 0 saturated carbocycles. The van der Waals surface area contributed by atoms with Crippen molar-refractivity contribution < 1.29 is 13.2 Å². The lowest BCUT2D eigenvalue weighted by Gasteiger charge is -2.09. The zero-order valence-electron chi connectivity index (χ0n) is 10.2. The second kappa shape index (κ2) is 4.41. The Morgan fingerprint density at radius 1 is 1.32 bits per heavy atom. The highest BCUT2D eigenvalue weighted by molar-refractivity contribution is 5.58. The molecule has 0 atom stereocenters. The predicted molar refractivity (Wildman–Crippen MR) is 62.7 cm³/mol. The van der Waals surface area contributed by atoms with Gasteiger partial charge < -0.3 is 11.1 Å². The molecule has 0 aliphatic carbocycles. The SMILES string of the molecule is Cc1nn(C)cc1Nc1cc(C(F)(F)F)nc(N)n1.